The van der Waals surface area contributed by atoms with Gasteiger partial charge in [0.1, 0.15) is 0 Å². The van der Waals surface area contributed by atoms with Crippen molar-refractivity contribution in [2.75, 3.05) is 13.3 Å². The number of hydrogen-bond donors (Lipinski definition) is 0. The van der Waals surface area contributed by atoms with Gasteiger partial charge in [-0.3, -0.25) is 9.36 Å². The summed E-state index contributed by atoms with van der Waals surface area (Å²) in [5, 5.41) is 0. The zero-order valence-corrected chi connectivity index (χ0v) is 8.69. The van der Waals surface area contributed by atoms with Crippen LogP contribution >= 0.6 is 8.46 Å². The van der Waals surface area contributed by atoms with Crippen LogP contribution in [-0.2, 0) is 14.1 Å². The number of ether oxygens (including phenoxy) is 1. The summed E-state index contributed by atoms with van der Waals surface area (Å²) in [4.78, 5) is 11.3. The van der Waals surface area contributed by atoms with Crippen molar-refractivity contribution >= 4 is 14.4 Å². The summed E-state index contributed by atoms with van der Waals surface area (Å²) in [5.74, 6) is -0.254. The molecule has 0 aromatic heterocycles. The number of carbonyl (C=O) groups is 1. The van der Waals surface area contributed by atoms with Gasteiger partial charge in [-0.25, -0.2) is 0 Å². The van der Waals surface area contributed by atoms with Crippen LogP contribution in [0.1, 0.15) is 26.7 Å². The quantitative estimate of drug-likeness (QED) is 0.493. The number of hydrogen-bond acceptors (Lipinski definition) is 3. The van der Waals surface area contributed by atoms with Gasteiger partial charge in [-0.1, -0.05) is 13.8 Å². The van der Waals surface area contributed by atoms with Crippen molar-refractivity contribution in [2.24, 2.45) is 5.41 Å². The van der Waals surface area contributed by atoms with E-state index in [9.17, 15) is 9.36 Å². The van der Waals surface area contributed by atoms with Crippen LogP contribution in [0.3, 0.4) is 0 Å². The Morgan fingerprint density at radius 3 is 2.17 bits per heavy atom. The highest BCUT2D eigenvalue weighted by molar-refractivity contribution is 7.23. The summed E-state index contributed by atoms with van der Waals surface area (Å²) in [6.07, 6.45) is 1.70. The van der Waals surface area contributed by atoms with Crippen LogP contribution in [0.5, 0.6) is 0 Å². The lowest BCUT2D eigenvalue weighted by Gasteiger charge is -2.25. The van der Waals surface area contributed by atoms with Crippen LogP contribution in [0.25, 0.3) is 0 Å². The zero-order chi connectivity index (χ0) is 9.61. The van der Waals surface area contributed by atoms with E-state index in [2.05, 4.69) is 4.74 Å². The molecule has 0 rings (SSSR count). The predicted molar refractivity (Wildman–Crippen MR) is 47.5 cm³/mol. The van der Waals surface area contributed by atoms with E-state index in [1.807, 2.05) is 13.8 Å². The fraction of sp³-hybridized carbons (Fsp3) is 0.875. The Bertz CT molecular complexity index is 164. The van der Waals surface area contributed by atoms with Crippen molar-refractivity contribution in [1.29, 1.82) is 0 Å². The van der Waals surface area contributed by atoms with Gasteiger partial charge in [0.2, 0.25) is 0 Å². The zero-order valence-electron chi connectivity index (χ0n) is 7.79. The van der Waals surface area contributed by atoms with Crippen molar-refractivity contribution in [3.05, 3.63) is 0 Å². The van der Waals surface area contributed by atoms with Crippen molar-refractivity contribution in [3.63, 3.8) is 0 Å². The van der Waals surface area contributed by atoms with Gasteiger partial charge < -0.3 is 4.74 Å². The van der Waals surface area contributed by atoms with E-state index in [0.717, 1.165) is 0 Å². The van der Waals surface area contributed by atoms with E-state index in [4.69, 9.17) is 0 Å². The lowest BCUT2D eigenvalue weighted by Crippen LogP contribution is -2.32. The van der Waals surface area contributed by atoms with E-state index < -0.39 is 5.41 Å². The Morgan fingerprint density at radius 2 is 1.92 bits per heavy atom. The average molecular weight is 190 g/mol. The average Bonchev–Trinajstić information content (AvgIpc) is 2.13. The molecule has 0 radical (unpaired) electrons. The summed E-state index contributed by atoms with van der Waals surface area (Å²) < 4.78 is 15.1. The normalized spacial score (nSPS) is 11.6. The minimum absolute atomic E-state index is 0.00918. The highest BCUT2D eigenvalue weighted by Gasteiger charge is 2.35. The standard InChI is InChI=1S/C8H15O3P/c1-4-8(5-2,6-12-10)7(9)11-3/h4-6H2,1-3H3. The highest BCUT2D eigenvalue weighted by Crippen LogP contribution is 2.31. The van der Waals surface area contributed by atoms with E-state index in [1.165, 1.54) is 7.11 Å². The summed E-state index contributed by atoms with van der Waals surface area (Å²) in [7, 11) is 1.37. The molecule has 0 aromatic carbocycles. The molecule has 0 saturated carbocycles. The molecule has 0 aliphatic rings. The van der Waals surface area contributed by atoms with Crippen molar-refractivity contribution in [1.82, 2.24) is 0 Å². The van der Waals surface area contributed by atoms with Gasteiger partial charge in [0.25, 0.3) is 0 Å². The molecule has 0 unspecified atom stereocenters. The first kappa shape index (κ1) is 11.6. The minimum Gasteiger partial charge on any atom is -0.469 e. The molecule has 0 spiro atoms. The molecule has 0 aliphatic heterocycles. The molecule has 3 nitrogen and oxygen atoms in total. The molecule has 70 valence electrons. The van der Waals surface area contributed by atoms with Crippen LogP contribution in [0.2, 0.25) is 0 Å². The summed E-state index contributed by atoms with van der Waals surface area (Å²) in [5.41, 5.74) is -0.544. The lowest BCUT2D eigenvalue weighted by atomic mass is 9.84. The van der Waals surface area contributed by atoms with Crippen LogP contribution in [0.15, 0.2) is 0 Å². The molecule has 4 heteroatoms. The second-order valence-electron chi connectivity index (χ2n) is 2.77. The van der Waals surface area contributed by atoms with Crippen molar-refractivity contribution < 1.29 is 14.1 Å². The second-order valence-corrected chi connectivity index (χ2v) is 3.34. The van der Waals surface area contributed by atoms with E-state index in [1.54, 1.807) is 0 Å². The van der Waals surface area contributed by atoms with Gasteiger partial charge in [0, 0.05) is 6.16 Å². The fourth-order valence-corrected chi connectivity index (χ4v) is 1.99. The minimum atomic E-state index is -0.544. The third-order valence-corrected chi connectivity index (χ3v) is 3.07. The third-order valence-electron chi connectivity index (χ3n) is 2.34. The first-order valence-electron chi connectivity index (χ1n) is 4.04. The molecular weight excluding hydrogens is 175 g/mol. The summed E-state index contributed by atoms with van der Waals surface area (Å²) in [6, 6.07) is 0. The Hall–Kier alpha value is -0.430. The van der Waals surface area contributed by atoms with Crippen molar-refractivity contribution in [3.8, 4) is 0 Å². The summed E-state index contributed by atoms with van der Waals surface area (Å²) >= 11 is 0. The molecule has 0 atom stereocenters. The second kappa shape index (κ2) is 5.26. The maximum Gasteiger partial charge on any atom is 0.312 e. The van der Waals surface area contributed by atoms with E-state index in [-0.39, 0.29) is 14.4 Å². The van der Waals surface area contributed by atoms with Crippen LogP contribution in [0, 0.1) is 5.41 Å². The highest BCUT2D eigenvalue weighted by atomic mass is 31.1. The number of carbonyl (C=O) groups excluding carboxylic acids is 1. The smallest absolute Gasteiger partial charge is 0.312 e. The molecule has 0 saturated heterocycles. The van der Waals surface area contributed by atoms with Gasteiger partial charge in [0.05, 0.1) is 12.5 Å². The van der Waals surface area contributed by atoms with Crippen LogP contribution in [0.4, 0.5) is 0 Å². The molecule has 0 heterocycles. The maximum atomic E-state index is 11.3. The molecule has 0 N–H and O–H groups in total. The monoisotopic (exact) mass is 190 g/mol. The van der Waals surface area contributed by atoms with Gasteiger partial charge >= 0.3 is 5.97 Å². The molecule has 0 aromatic rings. The SMILES string of the molecule is CCC(CC)(CP=O)C(=O)OC. The first-order valence-corrected chi connectivity index (χ1v) is 5.04. The molecule has 0 aliphatic carbocycles. The van der Waals surface area contributed by atoms with E-state index in [0.29, 0.717) is 19.0 Å². The Balaban J connectivity index is 4.55. The van der Waals surface area contributed by atoms with Crippen molar-refractivity contribution in [2.45, 2.75) is 26.7 Å². The predicted octanol–water partition coefficient (Wildman–Crippen LogP) is 2.26. The molecule has 0 amide bonds. The molecular formula is C8H15O3P. The molecule has 12 heavy (non-hydrogen) atoms. The largest absolute Gasteiger partial charge is 0.469 e. The topological polar surface area (TPSA) is 43.4 Å². The van der Waals surface area contributed by atoms with Crippen LogP contribution in [-0.4, -0.2) is 19.2 Å². The van der Waals surface area contributed by atoms with Gasteiger partial charge in [-0.05, 0) is 12.8 Å². The third kappa shape index (κ3) is 2.28. The number of esters is 1. The fourth-order valence-electron chi connectivity index (χ4n) is 1.17. The molecule has 0 bridgehead atoms. The lowest BCUT2D eigenvalue weighted by molar-refractivity contribution is -0.151. The Morgan fingerprint density at radius 1 is 1.42 bits per heavy atom. The van der Waals surface area contributed by atoms with Gasteiger partial charge in [-0.15, -0.1) is 0 Å². The Kier molecular flexibility index (Phi) is 5.07. The molecule has 0 fully saturated rings. The number of rotatable bonds is 5. The van der Waals surface area contributed by atoms with Gasteiger partial charge in [-0.2, -0.15) is 0 Å². The van der Waals surface area contributed by atoms with Crippen LogP contribution < -0.4 is 0 Å². The summed E-state index contributed by atoms with van der Waals surface area (Å²) in [6.45, 7) is 3.82. The number of methoxy groups -OCH3 is 1. The van der Waals surface area contributed by atoms with E-state index >= 15 is 0 Å². The van der Waals surface area contributed by atoms with Gasteiger partial charge in [0.15, 0.2) is 8.46 Å². The Labute approximate surface area is 74.7 Å². The maximum absolute atomic E-state index is 11.3. The first-order chi connectivity index (χ1) is 5.66.